The fourth-order valence-electron chi connectivity index (χ4n) is 3.00. The van der Waals surface area contributed by atoms with Gasteiger partial charge < -0.3 is 9.47 Å². The van der Waals surface area contributed by atoms with Crippen molar-refractivity contribution < 1.29 is 13.9 Å². The van der Waals surface area contributed by atoms with Crippen LogP contribution in [-0.4, -0.2) is 31.2 Å². The standard InChI is InChI=1S/C20H24FNO2/c1-15(2)17-9-6-10-18(21)19(17)24-20(16-7-4-3-5-8-16)22-11-13-23-14-12-22/h3-10,15,20H,11-14H2,1-2H3/t20-/m0/s1. The second kappa shape index (κ2) is 7.77. The number of halogens is 1. The highest BCUT2D eigenvalue weighted by atomic mass is 19.1. The van der Waals surface area contributed by atoms with Crippen LogP contribution in [0.3, 0.4) is 0 Å². The van der Waals surface area contributed by atoms with Crippen molar-refractivity contribution in [2.45, 2.75) is 26.0 Å². The molecule has 0 spiro atoms. The van der Waals surface area contributed by atoms with Gasteiger partial charge in [0.2, 0.25) is 0 Å². The zero-order valence-corrected chi connectivity index (χ0v) is 14.2. The number of para-hydroxylation sites is 1. The predicted octanol–water partition coefficient (Wildman–Crippen LogP) is 4.36. The van der Waals surface area contributed by atoms with E-state index in [1.54, 1.807) is 6.07 Å². The van der Waals surface area contributed by atoms with E-state index in [1.165, 1.54) is 6.07 Å². The summed E-state index contributed by atoms with van der Waals surface area (Å²) in [5, 5.41) is 0. The zero-order chi connectivity index (χ0) is 16.9. The van der Waals surface area contributed by atoms with Crippen molar-refractivity contribution in [1.29, 1.82) is 0 Å². The number of nitrogens with zero attached hydrogens (tertiary/aromatic N) is 1. The average Bonchev–Trinajstić information content (AvgIpc) is 2.62. The second-order valence-electron chi connectivity index (χ2n) is 6.34. The predicted molar refractivity (Wildman–Crippen MR) is 92.7 cm³/mol. The Hall–Kier alpha value is -1.91. The molecule has 2 aromatic carbocycles. The highest BCUT2D eigenvalue weighted by Crippen LogP contribution is 2.34. The third-order valence-electron chi connectivity index (χ3n) is 4.31. The Bertz CT molecular complexity index is 654. The summed E-state index contributed by atoms with van der Waals surface area (Å²) in [5.41, 5.74) is 1.92. The lowest BCUT2D eigenvalue weighted by Gasteiger charge is -2.35. The van der Waals surface area contributed by atoms with E-state index in [0.717, 1.165) is 24.2 Å². The molecule has 1 atom stereocenters. The van der Waals surface area contributed by atoms with E-state index in [9.17, 15) is 4.39 Å². The van der Waals surface area contributed by atoms with Crippen LogP contribution in [0.1, 0.15) is 37.1 Å². The molecule has 2 aromatic rings. The monoisotopic (exact) mass is 329 g/mol. The topological polar surface area (TPSA) is 21.7 Å². The van der Waals surface area contributed by atoms with Crippen LogP contribution in [0.2, 0.25) is 0 Å². The molecular formula is C20H24FNO2. The van der Waals surface area contributed by atoms with Gasteiger partial charge in [0.25, 0.3) is 0 Å². The Morgan fingerprint density at radius 1 is 1.00 bits per heavy atom. The van der Waals surface area contributed by atoms with Crippen LogP contribution < -0.4 is 4.74 Å². The van der Waals surface area contributed by atoms with Crippen molar-refractivity contribution in [2.24, 2.45) is 0 Å². The molecule has 0 N–H and O–H groups in total. The Morgan fingerprint density at radius 2 is 1.71 bits per heavy atom. The van der Waals surface area contributed by atoms with Crippen molar-refractivity contribution in [3.8, 4) is 5.75 Å². The van der Waals surface area contributed by atoms with Crippen LogP contribution in [-0.2, 0) is 4.74 Å². The summed E-state index contributed by atoms with van der Waals surface area (Å²) in [6.45, 7) is 6.97. The highest BCUT2D eigenvalue weighted by molar-refractivity contribution is 5.38. The number of hydrogen-bond donors (Lipinski definition) is 0. The molecular weight excluding hydrogens is 305 g/mol. The van der Waals surface area contributed by atoms with E-state index < -0.39 is 0 Å². The third-order valence-corrected chi connectivity index (χ3v) is 4.31. The van der Waals surface area contributed by atoms with Crippen LogP contribution in [0.25, 0.3) is 0 Å². The van der Waals surface area contributed by atoms with Crippen molar-refractivity contribution in [2.75, 3.05) is 26.3 Å². The molecule has 0 aliphatic carbocycles. The van der Waals surface area contributed by atoms with E-state index in [2.05, 4.69) is 4.90 Å². The van der Waals surface area contributed by atoms with Crippen LogP contribution in [0.15, 0.2) is 48.5 Å². The average molecular weight is 329 g/mol. The lowest BCUT2D eigenvalue weighted by molar-refractivity contribution is -0.0491. The van der Waals surface area contributed by atoms with E-state index in [1.807, 2.05) is 50.2 Å². The van der Waals surface area contributed by atoms with E-state index >= 15 is 0 Å². The first-order valence-corrected chi connectivity index (χ1v) is 8.48. The van der Waals surface area contributed by atoms with Gasteiger partial charge in [-0.15, -0.1) is 0 Å². The van der Waals surface area contributed by atoms with Gasteiger partial charge in [0.15, 0.2) is 17.8 Å². The first kappa shape index (κ1) is 16.9. The van der Waals surface area contributed by atoms with Gasteiger partial charge in [0, 0.05) is 18.7 Å². The van der Waals surface area contributed by atoms with Gasteiger partial charge in [-0.3, -0.25) is 4.90 Å². The van der Waals surface area contributed by atoms with Crippen LogP contribution in [0, 0.1) is 5.82 Å². The quantitative estimate of drug-likeness (QED) is 0.813. The van der Waals surface area contributed by atoms with Crippen LogP contribution in [0.4, 0.5) is 4.39 Å². The molecule has 1 aliphatic rings. The van der Waals surface area contributed by atoms with E-state index in [-0.39, 0.29) is 18.0 Å². The lowest BCUT2D eigenvalue weighted by Crippen LogP contribution is -2.41. The van der Waals surface area contributed by atoms with Crippen LogP contribution >= 0.6 is 0 Å². The summed E-state index contributed by atoms with van der Waals surface area (Å²) in [6, 6.07) is 15.1. The summed E-state index contributed by atoms with van der Waals surface area (Å²) in [6.07, 6.45) is -0.315. The zero-order valence-electron chi connectivity index (χ0n) is 14.2. The Kier molecular flexibility index (Phi) is 5.48. The molecule has 1 fully saturated rings. The Morgan fingerprint density at radius 3 is 2.38 bits per heavy atom. The van der Waals surface area contributed by atoms with Gasteiger partial charge in [-0.1, -0.05) is 56.3 Å². The SMILES string of the molecule is CC(C)c1cccc(F)c1O[C@@H](c1ccccc1)N1CCOCC1. The normalized spacial score (nSPS) is 17.0. The molecule has 0 aromatic heterocycles. The number of benzene rings is 2. The fourth-order valence-corrected chi connectivity index (χ4v) is 3.00. The van der Waals surface area contributed by atoms with E-state index in [4.69, 9.17) is 9.47 Å². The first-order valence-electron chi connectivity index (χ1n) is 8.48. The van der Waals surface area contributed by atoms with Crippen molar-refractivity contribution in [3.63, 3.8) is 0 Å². The van der Waals surface area contributed by atoms with Crippen molar-refractivity contribution >= 4 is 0 Å². The molecule has 0 saturated carbocycles. The van der Waals surface area contributed by atoms with Gasteiger partial charge >= 0.3 is 0 Å². The molecule has 3 nitrogen and oxygen atoms in total. The molecule has 1 heterocycles. The molecule has 4 heteroatoms. The molecule has 128 valence electrons. The molecule has 3 rings (SSSR count). The maximum absolute atomic E-state index is 14.5. The maximum Gasteiger partial charge on any atom is 0.179 e. The largest absolute Gasteiger partial charge is 0.468 e. The summed E-state index contributed by atoms with van der Waals surface area (Å²) < 4.78 is 26.2. The van der Waals surface area contributed by atoms with Gasteiger partial charge in [-0.25, -0.2) is 4.39 Å². The van der Waals surface area contributed by atoms with E-state index in [0.29, 0.717) is 19.0 Å². The summed E-state index contributed by atoms with van der Waals surface area (Å²) in [5.74, 6) is 0.236. The maximum atomic E-state index is 14.5. The minimum atomic E-state index is -0.315. The number of morpholine rings is 1. The third kappa shape index (κ3) is 3.77. The number of hydrogen-bond acceptors (Lipinski definition) is 3. The molecule has 1 aliphatic heterocycles. The van der Waals surface area contributed by atoms with Gasteiger partial charge in [0.1, 0.15) is 0 Å². The second-order valence-corrected chi connectivity index (χ2v) is 6.34. The number of ether oxygens (including phenoxy) is 2. The Balaban J connectivity index is 1.95. The molecule has 0 bridgehead atoms. The summed E-state index contributed by atoms with van der Waals surface area (Å²) >= 11 is 0. The van der Waals surface area contributed by atoms with Gasteiger partial charge in [-0.05, 0) is 17.5 Å². The highest BCUT2D eigenvalue weighted by Gasteiger charge is 2.26. The first-order chi connectivity index (χ1) is 11.7. The van der Waals surface area contributed by atoms with Gasteiger partial charge in [-0.2, -0.15) is 0 Å². The smallest absolute Gasteiger partial charge is 0.179 e. The Labute approximate surface area is 143 Å². The van der Waals surface area contributed by atoms with Crippen molar-refractivity contribution in [1.82, 2.24) is 4.90 Å². The number of rotatable bonds is 5. The fraction of sp³-hybridized carbons (Fsp3) is 0.400. The van der Waals surface area contributed by atoms with Gasteiger partial charge in [0.05, 0.1) is 13.2 Å². The molecule has 1 saturated heterocycles. The van der Waals surface area contributed by atoms with Crippen LogP contribution in [0.5, 0.6) is 5.75 Å². The minimum Gasteiger partial charge on any atom is -0.468 e. The van der Waals surface area contributed by atoms with Crippen molar-refractivity contribution in [3.05, 3.63) is 65.5 Å². The molecule has 24 heavy (non-hydrogen) atoms. The molecule has 0 unspecified atom stereocenters. The summed E-state index contributed by atoms with van der Waals surface area (Å²) in [7, 11) is 0. The minimum absolute atomic E-state index is 0.191. The molecule has 0 radical (unpaired) electrons. The lowest BCUT2D eigenvalue weighted by atomic mass is 10.0. The summed E-state index contributed by atoms with van der Waals surface area (Å²) in [4.78, 5) is 2.20. The molecule has 0 amide bonds.